The molecule has 1 aromatic rings. The Balaban J connectivity index is 0.00000192. The van der Waals surface area contributed by atoms with Gasteiger partial charge in [0, 0.05) is 25.8 Å². The minimum atomic E-state index is 0. The Morgan fingerprint density at radius 3 is 2.83 bits per heavy atom. The maximum atomic E-state index is 4.85. The van der Waals surface area contributed by atoms with Gasteiger partial charge in [-0.15, -0.1) is 24.0 Å². The molecule has 2 fully saturated rings. The number of aliphatic imine (C=N–C) groups is 1. The minimum Gasteiger partial charge on any atom is -0.357 e. The summed E-state index contributed by atoms with van der Waals surface area (Å²) in [5.41, 5.74) is 2.88. The van der Waals surface area contributed by atoms with E-state index in [0.29, 0.717) is 12.0 Å². The quantitative estimate of drug-likeness (QED) is 0.453. The van der Waals surface area contributed by atoms with E-state index in [9.17, 15) is 0 Å². The SMILES string of the molecule is CCNC(=NCc1ncccc1C)N1CCC2(CCCC2)C1.I. The zero-order valence-corrected chi connectivity index (χ0v) is 16.7. The summed E-state index contributed by atoms with van der Waals surface area (Å²) in [6.45, 7) is 8.16. The largest absolute Gasteiger partial charge is 0.357 e. The van der Waals surface area contributed by atoms with Gasteiger partial charge < -0.3 is 10.2 Å². The summed E-state index contributed by atoms with van der Waals surface area (Å²) in [5.74, 6) is 1.07. The zero-order valence-electron chi connectivity index (χ0n) is 14.3. The van der Waals surface area contributed by atoms with Crippen LogP contribution in [0, 0.1) is 12.3 Å². The van der Waals surface area contributed by atoms with Crippen molar-refractivity contribution in [2.24, 2.45) is 10.4 Å². The molecule has 1 saturated carbocycles. The van der Waals surface area contributed by atoms with E-state index in [-0.39, 0.29) is 24.0 Å². The lowest BCUT2D eigenvalue weighted by Crippen LogP contribution is -2.41. The van der Waals surface area contributed by atoms with Crippen LogP contribution in [-0.2, 0) is 6.54 Å². The van der Waals surface area contributed by atoms with Gasteiger partial charge in [0.25, 0.3) is 0 Å². The Labute approximate surface area is 157 Å². The molecular formula is C18H29IN4. The maximum Gasteiger partial charge on any atom is 0.194 e. The van der Waals surface area contributed by atoms with Crippen molar-refractivity contribution in [2.45, 2.75) is 52.5 Å². The average Bonchev–Trinajstić information content (AvgIpc) is 3.16. The van der Waals surface area contributed by atoms with Gasteiger partial charge in [0.2, 0.25) is 0 Å². The number of halogens is 1. The van der Waals surface area contributed by atoms with Crippen molar-refractivity contribution in [1.29, 1.82) is 0 Å². The Bertz CT molecular complexity index is 538. The number of hydrogen-bond acceptors (Lipinski definition) is 2. The second-order valence-corrected chi connectivity index (χ2v) is 6.82. The number of rotatable bonds is 3. The van der Waals surface area contributed by atoms with Crippen LogP contribution in [0.3, 0.4) is 0 Å². The van der Waals surface area contributed by atoms with Gasteiger partial charge in [-0.1, -0.05) is 18.9 Å². The molecule has 2 heterocycles. The van der Waals surface area contributed by atoms with Crippen LogP contribution < -0.4 is 5.32 Å². The summed E-state index contributed by atoms with van der Waals surface area (Å²) in [4.78, 5) is 11.8. The molecule has 3 rings (SSSR count). The van der Waals surface area contributed by atoms with Crippen molar-refractivity contribution >= 4 is 29.9 Å². The van der Waals surface area contributed by atoms with Gasteiger partial charge in [-0.05, 0) is 50.2 Å². The van der Waals surface area contributed by atoms with Crippen molar-refractivity contribution in [3.63, 3.8) is 0 Å². The highest BCUT2D eigenvalue weighted by molar-refractivity contribution is 14.0. The Morgan fingerprint density at radius 1 is 1.35 bits per heavy atom. The molecule has 1 saturated heterocycles. The molecule has 0 radical (unpaired) electrons. The van der Waals surface area contributed by atoms with Crippen LogP contribution in [0.15, 0.2) is 23.3 Å². The predicted molar refractivity (Wildman–Crippen MR) is 106 cm³/mol. The molecule has 5 heteroatoms. The number of likely N-dealkylation sites (tertiary alicyclic amines) is 1. The van der Waals surface area contributed by atoms with Gasteiger partial charge in [-0.2, -0.15) is 0 Å². The first-order chi connectivity index (χ1) is 10.7. The number of nitrogens with zero attached hydrogens (tertiary/aromatic N) is 3. The van der Waals surface area contributed by atoms with E-state index in [2.05, 4.69) is 35.1 Å². The monoisotopic (exact) mass is 428 g/mol. The van der Waals surface area contributed by atoms with E-state index < -0.39 is 0 Å². The van der Waals surface area contributed by atoms with Crippen LogP contribution in [0.25, 0.3) is 0 Å². The second kappa shape index (κ2) is 8.31. The molecule has 1 aromatic heterocycles. The van der Waals surface area contributed by atoms with Gasteiger partial charge in [-0.25, -0.2) is 4.99 Å². The summed E-state index contributed by atoms with van der Waals surface area (Å²) >= 11 is 0. The molecule has 1 N–H and O–H groups in total. The Hall–Kier alpha value is -0.850. The highest BCUT2D eigenvalue weighted by Gasteiger charge is 2.41. The number of guanidine groups is 1. The first kappa shape index (κ1) is 18.5. The van der Waals surface area contributed by atoms with Crippen LogP contribution in [0.4, 0.5) is 0 Å². The van der Waals surface area contributed by atoms with E-state index in [1.807, 2.05) is 12.3 Å². The van der Waals surface area contributed by atoms with Crippen molar-refractivity contribution in [3.8, 4) is 0 Å². The Morgan fingerprint density at radius 2 is 2.13 bits per heavy atom. The molecule has 0 bridgehead atoms. The fraction of sp³-hybridized carbons (Fsp3) is 0.667. The summed E-state index contributed by atoms with van der Waals surface area (Å²) in [5, 5.41) is 3.47. The van der Waals surface area contributed by atoms with Gasteiger partial charge in [0.15, 0.2) is 5.96 Å². The third-order valence-electron chi connectivity index (χ3n) is 5.23. The van der Waals surface area contributed by atoms with E-state index in [0.717, 1.165) is 24.7 Å². The number of pyridine rings is 1. The number of nitrogens with one attached hydrogen (secondary N) is 1. The molecular weight excluding hydrogens is 399 g/mol. The van der Waals surface area contributed by atoms with E-state index in [4.69, 9.17) is 4.99 Å². The smallest absolute Gasteiger partial charge is 0.194 e. The van der Waals surface area contributed by atoms with Crippen LogP contribution in [0.1, 0.15) is 50.3 Å². The third-order valence-corrected chi connectivity index (χ3v) is 5.23. The predicted octanol–water partition coefficient (Wildman–Crippen LogP) is 3.74. The minimum absolute atomic E-state index is 0. The van der Waals surface area contributed by atoms with E-state index in [1.54, 1.807) is 0 Å². The van der Waals surface area contributed by atoms with Gasteiger partial charge >= 0.3 is 0 Å². The standard InChI is InChI=1S/C18H28N4.HI/c1-3-19-17(21-13-16-15(2)7-6-11-20-16)22-12-10-18(14-22)8-4-5-9-18;/h6-7,11H,3-5,8-10,12-14H2,1-2H3,(H,19,21);1H. The lowest BCUT2D eigenvalue weighted by atomic mass is 9.86. The zero-order chi connectivity index (χ0) is 15.4. The first-order valence-corrected chi connectivity index (χ1v) is 8.66. The fourth-order valence-electron chi connectivity index (χ4n) is 3.91. The molecule has 2 aliphatic rings. The fourth-order valence-corrected chi connectivity index (χ4v) is 3.91. The topological polar surface area (TPSA) is 40.5 Å². The highest BCUT2D eigenvalue weighted by atomic mass is 127. The molecule has 4 nitrogen and oxygen atoms in total. The summed E-state index contributed by atoms with van der Waals surface area (Å²) in [7, 11) is 0. The maximum absolute atomic E-state index is 4.85. The highest BCUT2D eigenvalue weighted by Crippen LogP contribution is 2.45. The van der Waals surface area contributed by atoms with Crippen molar-refractivity contribution in [2.75, 3.05) is 19.6 Å². The van der Waals surface area contributed by atoms with Gasteiger partial charge in [-0.3, -0.25) is 4.98 Å². The van der Waals surface area contributed by atoms with Crippen LogP contribution in [0.5, 0.6) is 0 Å². The third kappa shape index (κ3) is 4.37. The molecule has 1 aliphatic carbocycles. The molecule has 0 aromatic carbocycles. The first-order valence-electron chi connectivity index (χ1n) is 8.66. The van der Waals surface area contributed by atoms with E-state index in [1.165, 1.54) is 44.2 Å². The van der Waals surface area contributed by atoms with Crippen LogP contribution >= 0.6 is 24.0 Å². The molecule has 128 valence electrons. The second-order valence-electron chi connectivity index (χ2n) is 6.82. The molecule has 0 atom stereocenters. The Kier molecular flexibility index (Phi) is 6.68. The summed E-state index contributed by atoms with van der Waals surface area (Å²) in [6, 6.07) is 4.09. The molecule has 1 spiro atoms. The molecule has 0 unspecified atom stereocenters. The number of aromatic nitrogens is 1. The van der Waals surface area contributed by atoms with Crippen molar-refractivity contribution in [1.82, 2.24) is 15.2 Å². The lowest BCUT2D eigenvalue weighted by molar-refractivity contribution is 0.309. The summed E-state index contributed by atoms with van der Waals surface area (Å²) in [6.07, 6.45) is 8.82. The van der Waals surface area contributed by atoms with Crippen LogP contribution in [-0.4, -0.2) is 35.5 Å². The number of aryl methyl sites for hydroxylation is 1. The van der Waals surface area contributed by atoms with Crippen molar-refractivity contribution < 1.29 is 0 Å². The van der Waals surface area contributed by atoms with Crippen molar-refractivity contribution in [3.05, 3.63) is 29.6 Å². The lowest BCUT2D eigenvalue weighted by Gasteiger charge is -2.26. The average molecular weight is 428 g/mol. The summed E-state index contributed by atoms with van der Waals surface area (Å²) < 4.78 is 0. The van der Waals surface area contributed by atoms with Gasteiger partial charge in [0.1, 0.15) is 0 Å². The van der Waals surface area contributed by atoms with E-state index >= 15 is 0 Å². The van der Waals surface area contributed by atoms with Crippen LogP contribution in [0.2, 0.25) is 0 Å². The molecule has 0 amide bonds. The number of hydrogen-bond donors (Lipinski definition) is 1. The molecule has 23 heavy (non-hydrogen) atoms. The normalized spacial score (nSPS) is 19.9. The van der Waals surface area contributed by atoms with Gasteiger partial charge in [0.05, 0.1) is 12.2 Å². The molecule has 1 aliphatic heterocycles.